The number of hydrogen-bond acceptors (Lipinski definition) is 3. The lowest BCUT2D eigenvalue weighted by Gasteiger charge is -2.51. The van der Waals surface area contributed by atoms with E-state index in [1.54, 1.807) is 0 Å². The monoisotopic (exact) mass is 522 g/mol. The highest BCUT2D eigenvalue weighted by Gasteiger charge is 2.56. The van der Waals surface area contributed by atoms with Crippen molar-refractivity contribution in [1.29, 1.82) is 0 Å². The van der Waals surface area contributed by atoms with Gasteiger partial charge in [0.25, 0.3) is 0 Å². The van der Waals surface area contributed by atoms with Gasteiger partial charge in [0.2, 0.25) is 14.9 Å². The van der Waals surface area contributed by atoms with Gasteiger partial charge in [0.1, 0.15) is 0 Å². The van der Waals surface area contributed by atoms with Crippen LogP contribution >= 0.6 is 10.7 Å². The smallest absolute Gasteiger partial charge is 0.245 e. The van der Waals surface area contributed by atoms with Crippen LogP contribution in [0.25, 0.3) is 0 Å². The lowest BCUT2D eigenvalue weighted by atomic mass is 10.5. The lowest BCUT2D eigenvalue weighted by molar-refractivity contribution is 0.502. The van der Waals surface area contributed by atoms with E-state index in [9.17, 15) is 0 Å². The summed E-state index contributed by atoms with van der Waals surface area (Å²) in [5.41, 5.74) is 5.07. The summed E-state index contributed by atoms with van der Waals surface area (Å²) in [6.45, 7) is 38.8. The number of hydrogen-bond donors (Lipinski definition) is 0. The first kappa shape index (κ1) is 32.1. The molecule has 0 bridgehead atoms. The van der Waals surface area contributed by atoms with Crippen molar-refractivity contribution < 1.29 is 8.23 Å². The fraction of sp³-hybridized carbons (Fsp3) is 1.00. The molecule has 0 aromatic heterocycles. The predicted molar refractivity (Wildman–Crippen MR) is 156 cm³/mol. The molecule has 0 aromatic carbocycles. The van der Waals surface area contributed by atoms with Gasteiger partial charge >= 0.3 is 0 Å². The maximum absolute atomic E-state index is 7.55. The Kier molecular flexibility index (Phi) is 13.8. The first-order valence-corrected chi connectivity index (χ1v) is 23.0. The van der Waals surface area contributed by atoms with E-state index >= 15 is 0 Å². The Bertz CT molecular complexity index is 432. The fourth-order valence-electron chi connectivity index (χ4n) is 5.16. The Morgan fingerprint density at radius 1 is 0.419 bits per heavy atom. The molecule has 0 saturated carbocycles. The van der Waals surface area contributed by atoms with E-state index in [1.165, 1.54) is 0 Å². The minimum absolute atomic E-state index is 0.594. The van der Waals surface area contributed by atoms with E-state index < -0.39 is 33.0 Å². The van der Waals surface area contributed by atoms with Crippen molar-refractivity contribution in [2.75, 3.05) is 0 Å². The average Bonchev–Trinajstić information content (AvgIpc) is 2.58. The molecule has 0 fully saturated rings. The van der Waals surface area contributed by atoms with Gasteiger partial charge in [0.05, 0.1) is 0 Å². The van der Waals surface area contributed by atoms with Crippen molar-refractivity contribution in [2.45, 2.75) is 155 Å². The van der Waals surface area contributed by atoms with Gasteiger partial charge in [-0.25, -0.2) is 0 Å². The largest absolute Gasteiger partial charge is 0.450 e. The topological polar surface area (TPSA) is 18.5 Å². The number of rotatable bonds is 14. The molecule has 2 nitrogen and oxygen atoms in total. The fourth-order valence-corrected chi connectivity index (χ4v) is 47.6. The molecular weight excluding hydrogens is 465 g/mol. The summed E-state index contributed by atoms with van der Waals surface area (Å²) in [6.07, 6.45) is 0. The summed E-state index contributed by atoms with van der Waals surface area (Å²) >= 11 is 0. The van der Waals surface area contributed by atoms with Crippen molar-refractivity contribution in [3.05, 3.63) is 0 Å². The van der Waals surface area contributed by atoms with Crippen molar-refractivity contribution >= 4 is 43.7 Å². The van der Waals surface area contributed by atoms with E-state index in [2.05, 4.69) is 121 Å². The second kappa shape index (κ2) is 13.3. The third-order valence-electron chi connectivity index (χ3n) is 6.81. The van der Waals surface area contributed by atoms with Crippen LogP contribution in [-0.2, 0) is 8.23 Å². The quantitative estimate of drug-likeness (QED) is 0.212. The van der Waals surface area contributed by atoms with Crippen LogP contribution in [0.5, 0.6) is 0 Å². The molecule has 0 spiro atoms. The van der Waals surface area contributed by atoms with Gasteiger partial charge in [0, 0.05) is 0 Å². The van der Waals surface area contributed by atoms with Crippen LogP contribution in [0, 0.1) is 0 Å². The molecule has 0 unspecified atom stereocenters. The molecule has 0 rings (SSSR count). The SMILES string of the molecule is CC(C)[SiH](O[Si](S[Si](O[SiH](C(C)C)C(C)C)(C(C)C)C(C)C)(C(C)C)C(C)C)C(C)C. The van der Waals surface area contributed by atoms with E-state index in [0.29, 0.717) is 44.3 Å². The molecule has 0 saturated heterocycles. The molecule has 0 aliphatic heterocycles. The Morgan fingerprint density at radius 2 is 0.613 bits per heavy atom. The summed E-state index contributed by atoms with van der Waals surface area (Å²) in [7, 11) is -4.50. The van der Waals surface area contributed by atoms with Gasteiger partial charge in [-0.3, -0.25) is 0 Å². The maximum Gasteiger partial charge on any atom is 0.245 e. The molecule has 31 heavy (non-hydrogen) atoms. The Hall–Kier alpha value is 1.14. The normalized spacial score (nSPS) is 14.5. The summed E-state index contributed by atoms with van der Waals surface area (Å²) < 4.78 is 15.1. The van der Waals surface area contributed by atoms with E-state index in [0.717, 1.165) is 0 Å². The van der Waals surface area contributed by atoms with E-state index in [-0.39, 0.29) is 0 Å². The highest BCUT2D eigenvalue weighted by molar-refractivity contribution is 8.49. The Labute approximate surface area is 206 Å². The zero-order chi connectivity index (χ0) is 24.9. The zero-order valence-electron chi connectivity index (χ0n) is 24.0. The maximum atomic E-state index is 7.55. The highest BCUT2D eigenvalue weighted by Crippen LogP contribution is 2.55. The van der Waals surface area contributed by atoms with Crippen LogP contribution in [0.1, 0.15) is 111 Å². The van der Waals surface area contributed by atoms with Crippen LogP contribution in [0.15, 0.2) is 0 Å². The summed E-state index contributed by atoms with van der Waals surface area (Å²) in [4.78, 5) is 0. The Morgan fingerprint density at radius 3 is 0.742 bits per heavy atom. The average molecular weight is 523 g/mol. The van der Waals surface area contributed by atoms with Gasteiger partial charge in [-0.05, 0) is 44.3 Å². The van der Waals surface area contributed by atoms with Gasteiger partial charge in [0.15, 0.2) is 18.1 Å². The highest BCUT2D eigenvalue weighted by atomic mass is 32.5. The molecule has 0 aromatic rings. The van der Waals surface area contributed by atoms with Crippen LogP contribution < -0.4 is 0 Å². The van der Waals surface area contributed by atoms with Crippen LogP contribution in [0.2, 0.25) is 44.3 Å². The second-order valence-electron chi connectivity index (χ2n) is 12.3. The first-order valence-electron chi connectivity index (χ1n) is 13.0. The zero-order valence-corrected chi connectivity index (χ0v) is 29.1. The molecule has 0 radical (unpaired) electrons. The predicted octanol–water partition coefficient (Wildman–Crippen LogP) is 9.36. The van der Waals surface area contributed by atoms with Crippen molar-refractivity contribution in [1.82, 2.24) is 0 Å². The molecular formula is C24H58O2SSi4. The van der Waals surface area contributed by atoms with Gasteiger partial charge < -0.3 is 8.23 Å². The van der Waals surface area contributed by atoms with Gasteiger partial charge in [-0.15, -0.1) is 10.7 Å². The molecule has 0 N–H and O–H groups in total. The summed E-state index contributed by atoms with van der Waals surface area (Å²) in [6, 6.07) is 0. The van der Waals surface area contributed by atoms with Crippen molar-refractivity contribution in [3.63, 3.8) is 0 Å². The van der Waals surface area contributed by atoms with Crippen molar-refractivity contribution in [3.8, 4) is 0 Å². The third-order valence-corrected chi connectivity index (χ3v) is 39.3. The summed E-state index contributed by atoms with van der Waals surface area (Å²) in [5, 5.41) is 0. The van der Waals surface area contributed by atoms with Gasteiger partial charge in [-0.2, -0.15) is 0 Å². The lowest BCUT2D eigenvalue weighted by Crippen LogP contribution is -2.57. The van der Waals surface area contributed by atoms with E-state index in [1.807, 2.05) is 0 Å². The molecule has 0 heterocycles. The third kappa shape index (κ3) is 8.10. The standard InChI is InChI=1S/C24H58O2SSi4/c1-17(2)28(18(3)4)25-30(21(9)10,22(11)12)27-31(23(13)14,24(15)16)26-29(19(5)6)20(7)8/h17-24,28-29H,1-16H3. The molecule has 188 valence electrons. The van der Waals surface area contributed by atoms with Crippen LogP contribution in [0.3, 0.4) is 0 Å². The molecule has 0 aliphatic rings. The van der Waals surface area contributed by atoms with Crippen LogP contribution in [0.4, 0.5) is 0 Å². The Balaban J connectivity index is 6.64. The minimum atomic E-state index is -2.10. The first-order chi connectivity index (χ1) is 14.0. The van der Waals surface area contributed by atoms with Crippen molar-refractivity contribution in [2.24, 2.45) is 0 Å². The second-order valence-corrected chi connectivity index (χ2v) is 35.4. The van der Waals surface area contributed by atoms with Gasteiger partial charge in [-0.1, -0.05) is 111 Å². The molecule has 0 atom stereocenters. The molecule has 0 amide bonds. The molecule has 0 aliphatic carbocycles. The van der Waals surface area contributed by atoms with Crippen LogP contribution in [-0.4, -0.2) is 33.0 Å². The minimum Gasteiger partial charge on any atom is -0.450 e. The molecule has 7 heteroatoms. The van der Waals surface area contributed by atoms with E-state index in [4.69, 9.17) is 8.23 Å². The summed E-state index contributed by atoms with van der Waals surface area (Å²) in [5.74, 6) is 0.